The van der Waals surface area contributed by atoms with E-state index in [1.807, 2.05) is 0 Å². The van der Waals surface area contributed by atoms with Gasteiger partial charge in [-0.25, -0.2) is 4.98 Å². The van der Waals surface area contributed by atoms with Gasteiger partial charge in [-0.15, -0.1) is 11.3 Å². The largest absolute Gasteiger partial charge is 0.388 e. The highest BCUT2D eigenvalue weighted by Gasteiger charge is 2.08. The van der Waals surface area contributed by atoms with Crippen LogP contribution in [-0.4, -0.2) is 16.0 Å². The number of thiazole rings is 1. The molecule has 1 amide bonds. The van der Waals surface area contributed by atoms with E-state index in [1.165, 1.54) is 6.92 Å². The van der Waals surface area contributed by atoms with Crippen molar-refractivity contribution < 1.29 is 25.0 Å². The number of nitrogens with one attached hydrogen (secondary N) is 1. The van der Waals surface area contributed by atoms with Crippen molar-refractivity contribution in [3.8, 4) is 0 Å². The third-order valence-corrected chi connectivity index (χ3v) is 4.41. The third kappa shape index (κ3) is 6.69. The van der Waals surface area contributed by atoms with Crippen LogP contribution in [0.1, 0.15) is 62.8 Å². The van der Waals surface area contributed by atoms with Gasteiger partial charge in [-0.1, -0.05) is 48.2 Å². The van der Waals surface area contributed by atoms with Crippen LogP contribution in [0, 0.1) is 6.92 Å². The molecule has 29 heavy (non-hydrogen) atoms. The zero-order valence-corrected chi connectivity index (χ0v) is 16.5. The van der Waals surface area contributed by atoms with Crippen LogP contribution in [0.2, 0.25) is 0 Å². The summed E-state index contributed by atoms with van der Waals surface area (Å²) < 4.78 is 89.5. The summed E-state index contributed by atoms with van der Waals surface area (Å²) in [5, 5.41) is 13.2. The number of aromatic nitrogens is 1. The molecule has 0 spiro atoms. The van der Waals surface area contributed by atoms with Gasteiger partial charge in [-0.05, 0) is 49.4 Å². The average Bonchev–Trinajstić information content (AvgIpc) is 3.20. The number of benzene rings is 2. The second-order valence-electron chi connectivity index (χ2n) is 6.18. The van der Waals surface area contributed by atoms with Gasteiger partial charge in [-0.2, -0.15) is 0 Å². The lowest BCUT2D eigenvalue weighted by atomic mass is 10.00. The molecule has 0 aliphatic carbocycles. The summed E-state index contributed by atoms with van der Waals surface area (Å²) in [5.74, 6) is -0.707. The van der Waals surface area contributed by atoms with Crippen LogP contribution < -0.4 is 11.1 Å². The minimum Gasteiger partial charge on any atom is -0.388 e. The fraction of sp³-hybridized carbons (Fsp3) is 0.304. The SMILES string of the molecule is [2H]c1sc(N)nc1CC(=O)Nc1c([2H])c([2H])c(CCCC([2H])([2H])[C@H](O)c2c([2H])c([2H])c([2H])c(C)c2[2H])c([2H])c1[2H]. The van der Waals surface area contributed by atoms with E-state index in [0.29, 0.717) is 0 Å². The van der Waals surface area contributed by atoms with Crippen molar-refractivity contribution in [2.24, 2.45) is 0 Å². The maximum atomic E-state index is 12.5. The maximum absolute atomic E-state index is 12.5. The Hall–Kier alpha value is -2.70. The molecule has 1 atom stereocenters. The molecule has 0 saturated heterocycles. The lowest BCUT2D eigenvalue weighted by Gasteiger charge is -2.11. The van der Waals surface area contributed by atoms with E-state index in [1.54, 1.807) is 0 Å². The molecule has 4 N–H and O–H groups in total. The van der Waals surface area contributed by atoms with Gasteiger partial charge in [0.2, 0.25) is 5.91 Å². The van der Waals surface area contributed by atoms with Crippen molar-refractivity contribution in [1.82, 2.24) is 4.98 Å². The van der Waals surface area contributed by atoms with E-state index >= 15 is 0 Å². The fourth-order valence-corrected chi connectivity index (χ4v) is 2.92. The molecule has 5 nitrogen and oxygen atoms in total. The van der Waals surface area contributed by atoms with Gasteiger partial charge in [0.1, 0.15) is 0 Å². The van der Waals surface area contributed by atoms with E-state index in [2.05, 4.69) is 10.3 Å². The molecule has 0 unspecified atom stereocenters. The number of aliphatic hydroxyl groups excluding tert-OH is 1. The highest BCUT2D eigenvalue weighted by atomic mass is 32.1. The number of nitrogen functional groups attached to an aromatic ring is 1. The number of aliphatic hydroxyl groups is 1. The first-order valence-electron chi connectivity index (χ1n) is 14.3. The molecule has 0 aliphatic rings. The predicted molar refractivity (Wildman–Crippen MR) is 119 cm³/mol. The van der Waals surface area contributed by atoms with Gasteiger partial charge in [0.25, 0.3) is 0 Å². The summed E-state index contributed by atoms with van der Waals surface area (Å²) in [4.78, 5) is 16.3. The number of hydrogen-bond acceptors (Lipinski definition) is 5. The number of hydrogen-bond donors (Lipinski definition) is 3. The number of nitrogens with zero attached hydrogens (tertiary/aromatic N) is 1. The Labute approximate surface area is 191 Å². The number of rotatable bonds is 9. The van der Waals surface area contributed by atoms with Crippen LogP contribution >= 0.6 is 11.3 Å². The summed E-state index contributed by atoms with van der Waals surface area (Å²) in [6, 6.07) is -3.75. The van der Waals surface area contributed by atoms with Crippen molar-refractivity contribution in [2.75, 3.05) is 11.1 Å². The van der Waals surface area contributed by atoms with Crippen LogP contribution in [0.25, 0.3) is 0 Å². The van der Waals surface area contributed by atoms with Crippen molar-refractivity contribution in [2.45, 2.75) is 45.1 Å². The average molecular weight is 421 g/mol. The van der Waals surface area contributed by atoms with Crippen molar-refractivity contribution in [3.63, 3.8) is 0 Å². The summed E-state index contributed by atoms with van der Waals surface area (Å²) >= 11 is 0.886. The molecule has 0 aliphatic heterocycles. The van der Waals surface area contributed by atoms with Gasteiger partial charge in [0.15, 0.2) is 5.13 Å². The number of amides is 1. The normalized spacial score (nSPS) is 17.8. The van der Waals surface area contributed by atoms with Crippen molar-refractivity contribution in [1.29, 1.82) is 0 Å². The highest BCUT2D eigenvalue weighted by molar-refractivity contribution is 7.13. The molecule has 3 rings (SSSR count). The molecule has 0 fully saturated rings. The number of anilines is 2. The zero-order valence-electron chi connectivity index (χ0n) is 26.7. The van der Waals surface area contributed by atoms with Gasteiger partial charge >= 0.3 is 0 Å². The van der Waals surface area contributed by atoms with E-state index in [0.717, 1.165) is 11.3 Å². The van der Waals surface area contributed by atoms with Gasteiger partial charge < -0.3 is 16.2 Å². The minimum absolute atomic E-state index is 0.00546. The minimum atomic E-state index is -2.38. The van der Waals surface area contributed by atoms with Crippen LogP contribution in [0.3, 0.4) is 0 Å². The quantitative estimate of drug-likeness (QED) is 0.470. The van der Waals surface area contributed by atoms with E-state index in [9.17, 15) is 9.90 Å². The van der Waals surface area contributed by atoms with Gasteiger partial charge in [0, 0.05) is 13.8 Å². The standard InChI is InChI=1S/C23H27N3O2S/c1-16-5-4-7-18(13-16)21(27)8-3-2-6-17-9-11-19(12-10-17)25-22(28)14-20-15-29-23(24)26-20/h4-5,7,9-13,15,21,27H,2-3,6,8,14H2,1H3,(H2,24,26)(H,25,28)/t21-/m0/s1/i4D,5D,7D,8D2,9D,10D,11D,12D,13D,15D. The summed E-state index contributed by atoms with van der Waals surface area (Å²) in [6.45, 7) is 1.38. The van der Waals surface area contributed by atoms with Gasteiger partial charge in [-0.3, -0.25) is 4.79 Å². The van der Waals surface area contributed by atoms with Gasteiger partial charge in [0.05, 0.1) is 30.6 Å². The Kier molecular flexibility index (Phi) is 3.83. The first kappa shape index (κ1) is 10.9. The molecule has 0 radical (unpaired) electrons. The van der Waals surface area contributed by atoms with Crippen LogP contribution in [-0.2, 0) is 17.6 Å². The maximum Gasteiger partial charge on any atom is 0.230 e. The Bertz CT molecular complexity index is 1420. The Balaban J connectivity index is 1.77. The molecular weight excluding hydrogens is 382 g/mol. The molecule has 1 heterocycles. The first-order valence-corrected chi connectivity index (χ1v) is 9.66. The van der Waals surface area contributed by atoms with E-state index in [4.69, 9.17) is 20.8 Å². The number of nitrogens with two attached hydrogens (primary N) is 1. The number of carbonyl (C=O) groups is 1. The predicted octanol–water partition coefficient (Wildman–Crippen LogP) is 4.66. The first-order chi connectivity index (χ1) is 18.5. The summed E-state index contributed by atoms with van der Waals surface area (Å²) in [5.41, 5.74) is 4.91. The Morgan fingerprint density at radius 1 is 1.31 bits per heavy atom. The Morgan fingerprint density at radius 3 is 2.83 bits per heavy atom. The second-order valence-corrected chi connectivity index (χ2v) is 7.00. The fourth-order valence-electron chi connectivity index (χ4n) is 2.43. The summed E-state index contributed by atoms with van der Waals surface area (Å²) in [7, 11) is 0. The van der Waals surface area contributed by atoms with E-state index in [-0.39, 0.29) is 64.7 Å². The summed E-state index contributed by atoms with van der Waals surface area (Å²) in [6.07, 6.45) is -5.16. The molecule has 1 aromatic heterocycles. The molecule has 3 aromatic rings. The van der Waals surface area contributed by atoms with Crippen LogP contribution in [0.15, 0.2) is 53.7 Å². The number of carbonyl (C=O) groups excluding carboxylic acids is 1. The van der Waals surface area contributed by atoms with E-state index < -0.39 is 66.2 Å². The molecule has 6 heteroatoms. The zero-order chi connectivity index (χ0) is 30.3. The van der Waals surface area contributed by atoms with Crippen LogP contribution in [0.5, 0.6) is 0 Å². The molecular formula is C23H27N3O2S. The Morgan fingerprint density at radius 2 is 2.10 bits per heavy atom. The van der Waals surface area contributed by atoms with Crippen LogP contribution in [0.4, 0.5) is 10.8 Å². The highest BCUT2D eigenvalue weighted by Crippen LogP contribution is 2.21. The monoisotopic (exact) mass is 420 g/mol. The molecule has 152 valence electrons. The third-order valence-electron chi connectivity index (χ3n) is 3.77. The smallest absolute Gasteiger partial charge is 0.230 e. The van der Waals surface area contributed by atoms with Crippen molar-refractivity contribution in [3.05, 3.63) is 76.1 Å². The lowest BCUT2D eigenvalue weighted by molar-refractivity contribution is -0.115. The molecule has 2 aromatic carbocycles. The molecule has 0 saturated carbocycles. The lowest BCUT2D eigenvalue weighted by Crippen LogP contribution is -2.14. The van der Waals surface area contributed by atoms with Crippen molar-refractivity contribution >= 4 is 28.1 Å². The molecule has 0 bridgehead atoms. The second kappa shape index (κ2) is 10.2. The topological polar surface area (TPSA) is 88.2 Å².